The zero-order valence-electron chi connectivity index (χ0n) is 10.9. The first-order valence-corrected chi connectivity index (χ1v) is 7.37. The van der Waals surface area contributed by atoms with Gasteiger partial charge in [-0.1, -0.05) is 32.1 Å². The minimum Gasteiger partial charge on any atom is -0.389 e. The van der Waals surface area contributed by atoms with Crippen LogP contribution in [0.15, 0.2) is 0 Å². The Morgan fingerprint density at radius 2 is 1.65 bits per heavy atom. The molecule has 3 nitrogen and oxygen atoms in total. The molecule has 2 saturated carbocycles. The van der Waals surface area contributed by atoms with Crippen molar-refractivity contribution in [2.24, 2.45) is 0 Å². The van der Waals surface area contributed by atoms with Crippen molar-refractivity contribution in [1.29, 1.82) is 0 Å². The third-order valence-corrected chi connectivity index (χ3v) is 4.07. The van der Waals surface area contributed by atoms with Gasteiger partial charge in [0.1, 0.15) is 0 Å². The first kappa shape index (κ1) is 13.3. The Labute approximate surface area is 105 Å². The molecule has 0 aliphatic heterocycles. The van der Waals surface area contributed by atoms with Crippen LogP contribution in [0, 0.1) is 0 Å². The molecule has 1 atom stereocenters. The Kier molecular flexibility index (Phi) is 5.75. The van der Waals surface area contributed by atoms with E-state index in [1.165, 1.54) is 57.8 Å². The lowest BCUT2D eigenvalue weighted by atomic mass is 9.98. The second kappa shape index (κ2) is 7.34. The Hall–Kier alpha value is -0.120. The van der Waals surface area contributed by atoms with E-state index in [1.807, 2.05) is 0 Å². The molecule has 0 aromatic rings. The molecule has 0 radical (unpaired) electrons. The van der Waals surface area contributed by atoms with Crippen LogP contribution in [-0.2, 0) is 4.74 Å². The summed E-state index contributed by atoms with van der Waals surface area (Å²) in [6.45, 7) is 1.20. The summed E-state index contributed by atoms with van der Waals surface area (Å²) < 4.78 is 5.77. The zero-order valence-corrected chi connectivity index (χ0v) is 10.9. The summed E-state index contributed by atoms with van der Waals surface area (Å²) in [5, 5.41) is 13.3. The van der Waals surface area contributed by atoms with Crippen molar-refractivity contribution in [1.82, 2.24) is 5.32 Å². The molecule has 2 rings (SSSR count). The number of aliphatic hydroxyl groups is 1. The second-order valence-corrected chi connectivity index (χ2v) is 5.64. The van der Waals surface area contributed by atoms with Crippen molar-refractivity contribution in [3.8, 4) is 0 Å². The van der Waals surface area contributed by atoms with Crippen LogP contribution >= 0.6 is 0 Å². The molecule has 0 unspecified atom stereocenters. The monoisotopic (exact) mass is 241 g/mol. The summed E-state index contributed by atoms with van der Waals surface area (Å²) in [5.74, 6) is 0. The molecule has 0 aromatic carbocycles. The fraction of sp³-hybridized carbons (Fsp3) is 1.00. The molecule has 3 heteroatoms. The molecule has 2 aliphatic rings. The third-order valence-electron chi connectivity index (χ3n) is 4.07. The quantitative estimate of drug-likeness (QED) is 0.749. The molecular formula is C14H27NO2. The van der Waals surface area contributed by atoms with Crippen LogP contribution in [0.1, 0.15) is 57.8 Å². The SMILES string of the molecule is O[C@@H](CNC1CCCC1)COC1CCCCC1. The van der Waals surface area contributed by atoms with Crippen LogP contribution in [0.2, 0.25) is 0 Å². The Bertz CT molecular complexity index is 198. The number of rotatable bonds is 6. The highest BCUT2D eigenvalue weighted by atomic mass is 16.5. The summed E-state index contributed by atoms with van der Waals surface area (Å²) in [4.78, 5) is 0. The molecule has 2 fully saturated rings. The van der Waals surface area contributed by atoms with E-state index in [1.54, 1.807) is 0 Å². The topological polar surface area (TPSA) is 41.5 Å². The minimum absolute atomic E-state index is 0.336. The third kappa shape index (κ3) is 4.94. The van der Waals surface area contributed by atoms with E-state index in [4.69, 9.17) is 4.74 Å². The van der Waals surface area contributed by atoms with E-state index in [-0.39, 0.29) is 6.10 Å². The van der Waals surface area contributed by atoms with E-state index >= 15 is 0 Å². The van der Waals surface area contributed by atoms with Gasteiger partial charge in [-0.2, -0.15) is 0 Å². The van der Waals surface area contributed by atoms with Gasteiger partial charge < -0.3 is 15.2 Å². The molecule has 17 heavy (non-hydrogen) atoms. The van der Waals surface area contributed by atoms with E-state index in [0.29, 0.717) is 25.3 Å². The maximum atomic E-state index is 9.85. The van der Waals surface area contributed by atoms with Crippen LogP contribution in [-0.4, -0.2) is 36.5 Å². The molecule has 0 heterocycles. The maximum absolute atomic E-state index is 9.85. The van der Waals surface area contributed by atoms with Crippen molar-refractivity contribution in [3.05, 3.63) is 0 Å². The van der Waals surface area contributed by atoms with Crippen molar-refractivity contribution >= 4 is 0 Å². The molecule has 0 aromatic heterocycles. The lowest BCUT2D eigenvalue weighted by Gasteiger charge is -2.24. The molecular weight excluding hydrogens is 214 g/mol. The van der Waals surface area contributed by atoms with E-state index in [9.17, 15) is 5.11 Å². The average molecular weight is 241 g/mol. The van der Waals surface area contributed by atoms with Crippen LogP contribution in [0.3, 0.4) is 0 Å². The second-order valence-electron chi connectivity index (χ2n) is 5.64. The minimum atomic E-state index is -0.336. The lowest BCUT2D eigenvalue weighted by molar-refractivity contribution is -0.0235. The van der Waals surface area contributed by atoms with E-state index in [2.05, 4.69) is 5.32 Å². The fourth-order valence-corrected chi connectivity index (χ4v) is 2.97. The number of hydrogen-bond donors (Lipinski definition) is 2. The maximum Gasteiger partial charge on any atom is 0.0897 e. The highest BCUT2D eigenvalue weighted by molar-refractivity contribution is 4.75. The van der Waals surface area contributed by atoms with E-state index < -0.39 is 0 Å². The van der Waals surface area contributed by atoms with Gasteiger partial charge in [-0.15, -0.1) is 0 Å². The fourth-order valence-electron chi connectivity index (χ4n) is 2.97. The normalized spacial score (nSPS) is 25.2. The lowest BCUT2D eigenvalue weighted by Crippen LogP contribution is -2.37. The highest BCUT2D eigenvalue weighted by Gasteiger charge is 2.18. The molecule has 0 spiro atoms. The van der Waals surface area contributed by atoms with Gasteiger partial charge in [-0.25, -0.2) is 0 Å². The average Bonchev–Trinajstić information content (AvgIpc) is 2.88. The highest BCUT2D eigenvalue weighted by Crippen LogP contribution is 2.20. The standard InChI is InChI=1S/C14H27NO2/c16-13(10-15-12-6-4-5-7-12)11-17-14-8-2-1-3-9-14/h12-16H,1-11H2/t13-/m0/s1. The molecule has 0 saturated heterocycles. The number of aliphatic hydroxyl groups excluding tert-OH is 1. The van der Waals surface area contributed by atoms with Crippen molar-refractivity contribution in [2.45, 2.75) is 76.0 Å². The number of hydrogen-bond acceptors (Lipinski definition) is 3. The van der Waals surface area contributed by atoms with Gasteiger partial charge in [-0.05, 0) is 25.7 Å². The van der Waals surface area contributed by atoms with Crippen LogP contribution in [0.5, 0.6) is 0 Å². The van der Waals surface area contributed by atoms with Gasteiger partial charge in [-0.3, -0.25) is 0 Å². The number of ether oxygens (including phenoxy) is 1. The summed E-state index contributed by atoms with van der Waals surface area (Å²) in [6.07, 6.45) is 11.6. The first-order chi connectivity index (χ1) is 8.34. The molecule has 2 aliphatic carbocycles. The van der Waals surface area contributed by atoms with Crippen LogP contribution in [0.4, 0.5) is 0 Å². The predicted octanol–water partition coefficient (Wildman–Crippen LogP) is 2.23. The van der Waals surface area contributed by atoms with Gasteiger partial charge in [0.2, 0.25) is 0 Å². The Morgan fingerprint density at radius 1 is 1.00 bits per heavy atom. The van der Waals surface area contributed by atoms with Gasteiger partial charge >= 0.3 is 0 Å². The van der Waals surface area contributed by atoms with Crippen molar-refractivity contribution < 1.29 is 9.84 Å². The molecule has 100 valence electrons. The largest absolute Gasteiger partial charge is 0.389 e. The molecule has 2 N–H and O–H groups in total. The summed E-state index contributed by atoms with van der Waals surface area (Å²) in [7, 11) is 0. The Balaban J connectivity index is 1.52. The first-order valence-electron chi connectivity index (χ1n) is 7.37. The summed E-state index contributed by atoms with van der Waals surface area (Å²) in [5.41, 5.74) is 0. The van der Waals surface area contributed by atoms with Gasteiger partial charge in [0.05, 0.1) is 18.8 Å². The van der Waals surface area contributed by atoms with E-state index in [0.717, 1.165) is 0 Å². The number of nitrogens with one attached hydrogen (secondary N) is 1. The van der Waals surface area contributed by atoms with Crippen molar-refractivity contribution in [2.75, 3.05) is 13.2 Å². The van der Waals surface area contributed by atoms with Gasteiger partial charge in [0.25, 0.3) is 0 Å². The smallest absolute Gasteiger partial charge is 0.0897 e. The van der Waals surface area contributed by atoms with Crippen LogP contribution < -0.4 is 5.32 Å². The molecule has 0 amide bonds. The summed E-state index contributed by atoms with van der Waals surface area (Å²) >= 11 is 0. The molecule has 0 bridgehead atoms. The van der Waals surface area contributed by atoms with Crippen LogP contribution in [0.25, 0.3) is 0 Å². The zero-order chi connectivity index (χ0) is 11.9. The van der Waals surface area contributed by atoms with Gasteiger partial charge in [0, 0.05) is 12.6 Å². The summed E-state index contributed by atoms with van der Waals surface area (Å²) in [6, 6.07) is 0.638. The Morgan fingerprint density at radius 3 is 2.35 bits per heavy atom. The van der Waals surface area contributed by atoms with Gasteiger partial charge in [0.15, 0.2) is 0 Å². The predicted molar refractivity (Wildman–Crippen MR) is 69.1 cm³/mol. The van der Waals surface area contributed by atoms with Crippen molar-refractivity contribution in [3.63, 3.8) is 0 Å².